The van der Waals surface area contributed by atoms with Gasteiger partial charge in [0.15, 0.2) is 0 Å². The van der Waals surface area contributed by atoms with Crippen molar-refractivity contribution in [1.82, 2.24) is 9.97 Å². The number of hydrogen-bond donors (Lipinski definition) is 0. The Labute approximate surface area is 328 Å². The smallest absolute Gasteiger partial charge is 0.121 e. The maximum Gasteiger partial charge on any atom is 0.121 e. The Hall–Kier alpha value is -4.37. The molecule has 0 N–H and O–H groups in total. The van der Waals surface area contributed by atoms with Crippen LogP contribution in [0.5, 0.6) is 0 Å². The minimum Gasteiger partial charge on any atom is -0.501 e. The molecule has 0 atom stereocenters. The molecule has 0 saturated heterocycles. The van der Waals surface area contributed by atoms with Crippen LogP contribution in [0.15, 0.2) is 102 Å². The Balaban J connectivity index is 0.000000288. The maximum absolute atomic E-state index is 8.84. The summed E-state index contributed by atoms with van der Waals surface area (Å²) in [7, 11) is 0. The van der Waals surface area contributed by atoms with Crippen LogP contribution in [0.3, 0.4) is 0 Å². The Morgan fingerprint density at radius 1 is 0.735 bits per heavy atom. The average Bonchev–Trinajstić information content (AvgIpc) is 3.92. The molecular formula is C45H42IrN2O-2. The van der Waals surface area contributed by atoms with E-state index in [9.17, 15) is 0 Å². The molecule has 3 nitrogen and oxygen atoms in total. The van der Waals surface area contributed by atoms with E-state index in [0.717, 1.165) is 25.7 Å². The van der Waals surface area contributed by atoms with Gasteiger partial charge in [-0.1, -0.05) is 92.0 Å². The van der Waals surface area contributed by atoms with Gasteiger partial charge in [-0.25, -0.2) is 0 Å². The van der Waals surface area contributed by atoms with E-state index in [1.165, 1.54) is 60.9 Å². The number of pyridine rings is 2. The van der Waals surface area contributed by atoms with E-state index in [1.54, 1.807) is 36.4 Å². The van der Waals surface area contributed by atoms with Crippen LogP contribution in [0.1, 0.15) is 82.4 Å². The van der Waals surface area contributed by atoms with Gasteiger partial charge in [0.2, 0.25) is 0 Å². The number of benzene rings is 4. The minimum absolute atomic E-state index is 0. The van der Waals surface area contributed by atoms with Gasteiger partial charge in [0, 0.05) is 61.2 Å². The Bertz CT molecular complexity index is 2780. The topological polar surface area (TPSA) is 38.9 Å². The first kappa shape index (κ1) is 19.1. The van der Waals surface area contributed by atoms with Gasteiger partial charge in [-0.15, -0.1) is 53.6 Å². The summed E-state index contributed by atoms with van der Waals surface area (Å²) in [4.78, 5) is 8.51. The molecule has 8 rings (SSSR count). The molecule has 0 spiro atoms. The number of aryl methyl sites for hydroxylation is 5. The quantitative estimate of drug-likeness (QED) is 0.162. The van der Waals surface area contributed by atoms with Crippen molar-refractivity contribution in [1.29, 1.82) is 0 Å². The third-order valence-corrected chi connectivity index (χ3v) is 8.48. The number of aromatic nitrogens is 2. The summed E-state index contributed by atoms with van der Waals surface area (Å²) in [6.45, 7) is -12.0. The van der Waals surface area contributed by atoms with Crippen LogP contribution >= 0.6 is 0 Å². The van der Waals surface area contributed by atoms with Crippen LogP contribution in [0.25, 0.3) is 55.6 Å². The van der Waals surface area contributed by atoms with E-state index >= 15 is 0 Å². The van der Waals surface area contributed by atoms with Crippen LogP contribution in [-0.4, -0.2) is 9.97 Å². The summed E-state index contributed by atoms with van der Waals surface area (Å²) in [5.41, 5.74) is 3.30. The second-order valence-electron chi connectivity index (χ2n) is 11.8. The number of furan rings is 1. The molecule has 7 aromatic rings. The van der Waals surface area contributed by atoms with Crippen molar-refractivity contribution in [2.75, 3.05) is 0 Å². The minimum atomic E-state index is -2.67. The standard InChI is InChI=1S/C32H30NO.C13H12N.Ir/c1-20-11-13-26-27-9-6-10-28(32(27)34-31(26)15-20)30-18-29(22(3)19-33-30)25-14-12-24(16-21(25)2)17-23-7-4-5-8-23;1-10-3-6-12(7-4-10)13-8-5-11(2)9-14-13;/h6,9,11-16,18-19,23H,4-5,7-8,17H2,1-3H3;3-6,8-9H,1-2H3;/q2*-1;/i1D3,2D3,3D3,17D2;1D3,2D3;. The first-order chi connectivity index (χ1) is 30.1. The first-order valence-electron chi connectivity index (χ1n) is 24.2. The molecule has 4 heteroatoms. The van der Waals surface area contributed by atoms with E-state index in [1.807, 2.05) is 0 Å². The molecule has 0 aliphatic heterocycles. The predicted octanol–water partition coefficient (Wildman–Crippen LogP) is 11.9. The van der Waals surface area contributed by atoms with E-state index in [2.05, 4.69) is 22.1 Å². The van der Waals surface area contributed by atoms with Crippen molar-refractivity contribution >= 4 is 21.9 Å². The third-order valence-electron chi connectivity index (χ3n) is 8.48. The van der Waals surface area contributed by atoms with Crippen LogP contribution in [0.2, 0.25) is 0 Å². The molecule has 1 saturated carbocycles. The molecule has 3 heterocycles. The van der Waals surface area contributed by atoms with Gasteiger partial charge in [0.1, 0.15) is 5.58 Å². The van der Waals surface area contributed by atoms with Gasteiger partial charge in [-0.3, -0.25) is 0 Å². The van der Waals surface area contributed by atoms with Gasteiger partial charge in [-0.2, -0.15) is 0 Å². The predicted molar refractivity (Wildman–Crippen MR) is 199 cm³/mol. The van der Waals surface area contributed by atoms with Gasteiger partial charge in [-0.05, 0) is 96.1 Å². The molecule has 0 amide bonds. The summed E-state index contributed by atoms with van der Waals surface area (Å²) >= 11 is 0. The first-order valence-corrected chi connectivity index (χ1v) is 15.7. The zero-order chi connectivity index (χ0) is 47.5. The second kappa shape index (κ2) is 15.0. The fourth-order valence-corrected chi connectivity index (χ4v) is 6.06. The fourth-order valence-electron chi connectivity index (χ4n) is 6.06. The van der Waals surface area contributed by atoms with Crippen LogP contribution in [0, 0.1) is 52.3 Å². The third kappa shape index (κ3) is 7.62. The molecule has 1 aliphatic rings. The molecule has 1 aliphatic carbocycles. The zero-order valence-electron chi connectivity index (χ0n) is 43.3. The van der Waals surface area contributed by atoms with Crippen LogP contribution in [0.4, 0.5) is 0 Å². The van der Waals surface area contributed by atoms with Crippen molar-refractivity contribution in [3.8, 4) is 33.6 Å². The molecule has 49 heavy (non-hydrogen) atoms. The number of rotatable bonds is 5. The van der Waals surface area contributed by atoms with Crippen molar-refractivity contribution in [2.45, 2.75) is 66.3 Å². The summed E-state index contributed by atoms with van der Waals surface area (Å²) in [5, 5.41) is 1.37. The number of hydrogen-bond acceptors (Lipinski definition) is 3. The normalized spacial score (nSPS) is 19.6. The van der Waals surface area contributed by atoms with Gasteiger partial charge < -0.3 is 14.4 Å². The Morgan fingerprint density at radius 2 is 1.55 bits per heavy atom. The maximum atomic E-state index is 8.84. The van der Waals surface area contributed by atoms with E-state index in [0.29, 0.717) is 38.8 Å². The van der Waals surface area contributed by atoms with Crippen LogP contribution in [-0.2, 0) is 26.5 Å². The van der Waals surface area contributed by atoms with Crippen molar-refractivity contribution in [2.24, 2.45) is 5.92 Å². The molecule has 1 fully saturated rings. The van der Waals surface area contributed by atoms with Crippen molar-refractivity contribution < 1.29 is 47.8 Å². The van der Waals surface area contributed by atoms with E-state index in [-0.39, 0.29) is 76.2 Å². The summed E-state index contributed by atoms with van der Waals surface area (Å²) in [5.74, 6) is -0.228. The van der Waals surface area contributed by atoms with Crippen molar-refractivity contribution in [3.63, 3.8) is 0 Å². The van der Waals surface area contributed by atoms with Gasteiger partial charge in [0.05, 0.1) is 5.58 Å². The number of nitrogens with zero attached hydrogens (tertiary/aromatic N) is 2. The zero-order valence-corrected chi connectivity index (χ0v) is 28.7. The van der Waals surface area contributed by atoms with E-state index < -0.39 is 40.6 Å². The number of fused-ring (bicyclic) bond motifs is 3. The molecule has 3 aromatic heterocycles. The monoisotopic (exact) mass is 836 g/mol. The second-order valence-corrected chi connectivity index (χ2v) is 11.8. The molecule has 1 radical (unpaired) electrons. The molecule has 0 unspecified atom stereocenters. The fraction of sp³-hybridized carbons (Fsp3) is 0.244. The van der Waals surface area contributed by atoms with Gasteiger partial charge >= 0.3 is 0 Å². The Kier molecular flexibility index (Phi) is 5.87. The van der Waals surface area contributed by atoms with Gasteiger partial charge in [0.25, 0.3) is 0 Å². The summed E-state index contributed by atoms with van der Waals surface area (Å²) in [6, 6.07) is 27.6. The average molecular weight is 836 g/mol. The van der Waals surface area contributed by atoms with Crippen LogP contribution < -0.4 is 0 Å². The largest absolute Gasteiger partial charge is 0.501 e. The van der Waals surface area contributed by atoms with Crippen molar-refractivity contribution in [3.05, 3.63) is 143 Å². The molecule has 249 valence electrons. The Morgan fingerprint density at radius 3 is 2.31 bits per heavy atom. The summed E-state index contributed by atoms with van der Waals surface area (Å²) in [6.07, 6.45) is 4.04. The SMILES string of the molecule is [2H]C([2H])([2H])c1c[c-]c(-c2ccc(C([2H])([2H])[2H])cn2)cc1.[2H]C([2H])([2H])c1ccc2c(c1)oc1c(-c3cc(-c4ccc(C([2H])([2H])C5CCCC5)cc4C([2H])([2H])[2H])c(C([2H])([2H])[2H])cn3)[c-]ccc12.[Ir]. The molecule has 0 bridgehead atoms. The molecule has 4 aromatic carbocycles. The summed E-state index contributed by atoms with van der Waals surface area (Å²) < 4.78 is 140. The molecular weight excluding hydrogens is 777 g/mol. The van der Waals surface area contributed by atoms with E-state index in [4.69, 9.17) is 27.7 Å².